The van der Waals surface area contributed by atoms with Crippen LogP contribution in [-0.2, 0) is 5.41 Å². The first-order valence-corrected chi connectivity index (χ1v) is 13.0. The van der Waals surface area contributed by atoms with Gasteiger partial charge in [0.15, 0.2) is 0 Å². The Morgan fingerprint density at radius 1 is 0.975 bits per heavy atom. The summed E-state index contributed by atoms with van der Waals surface area (Å²) in [6, 6.07) is 28.2. The molecule has 0 fully saturated rings. The number of carbonyl (C=O) groups is 2. The van der Waals surface area contributed by atoms with Crippen LogP contribution in [0.5, 0.6) is 0 Å². The summed E-state index contributed by atoms with van der Waals surface area (Å²) in [6.45, 7) is 2.20. The number of carboxylic acid groups (broad SMARTS) is 1. The van der Waals surface area contributed by atoms with Gasteiger partial charge in [0.05, 0.1) is 11.6 Å². The predicted molar refractivity (Wildman–Crippen MR) is 158 cm³/mol. The second kappa shape index (κ2) is 10.6. The predicted octanol–water partition coefficient (Wildman–Crippen LogP) is 5.95. The van der Waals surface area contributed by atoms with Gasteiger partial charge in [-0.25, -0.2) is 9.59 Å². The number of fused-ring (bicyclic) bond motifs is 1. The normalized spacial score (nSPS) is 17.7. The van der Waals surface area contributed by atoms with Gasteiger partial charge < -0.3 is 26.8 Å². The minimum atomic E-state index is -1.09. The Bertz CT molecular complexity index is 1620. The Balaban J connectivity index is 1.64. The Morgan fingerprint density at radius 3 is 2.40 bits per heavy atom. The van der Waals surface area contributed by atoms with Crippen molar-refractivity contribution in [1.82, 2.24) is 5.32 Å². The van der Waals surface area contributed by atoms with Crippen molar-refractivity contribution in [1.29, 1.82) is 5.41 Å². The maximum absolute atomic E-state index is 12.4. The Morgan fingerprint density at radius 2 is 1.70 bits per heavy atom. The number of amidine groups is 1. The minimum absolute atomic E-state index is 0.0150. The van der Waals surface area contributed by atoms with E-state index in [-0.39, 0.29) is 17.4 Å². The van der Waals surface area contributed by atoms with E-state index in [9.17, 15) is 14.7 Å². The number of nitrogen functional groups attached to an aromatic ring is 1. The maximum atomic E-state index is 12.4. The number of carbonyl (C=O) groups excluding carboxylic acids is 1. The largest absolute Gasteiger partial charge is 0.478 e. The van der Waals surface area contributed by atoms with Crippen LogP contribution in [0, 0.1) is 5.41 Å². The van der Waals surface area contributed by atoms with E-state index in [1.807, 2.05) is 60.7 Å². The highest BCUT2D eigenvalue weighted by molar-refractivity contribution is 5.99. The third kappa shape index (κ3) is 4.87. The number of urea groups is 1. The fourth-order valence-electron chi connectivity index (χ4n) is 5.59. The van der Waals surface area contributed by atoms with Crippen LogP contribution < -0.4 is 21.7 Å². The highest BCUT2D eigenvalue weighted by Crippen LogP contribution is 2.49. The summed E-state index contributed by atoms with van der Waals surface area (Å²) < 4.78 is 0. The third-order valence-corrected chi connectivity index (χ3v) is 7.64. The van der Waals surface area contributed by atoms with E-state index in [1.165, 1.54) is 13.1 Å². The molecule has 1 aliphatic heterocycles. The molecule has 7 N–H and O–H groups in total. The first-order valence-electron chi connectivity index (χ1n) is 13.0. The molecule has 2 unspecified atom stereocenters. The van der Waals surface area contributed by atoms with Crippen molar-refractivity contribution < 1.29 is 14.7 Å². The highest BCUT2D eigenvalue weighted by Gasteiger charge is 2.39. The standard InChI is InChI=1S/C32H31N5O3/c1-32(20-8-4-3-5-9-20)18-28(37-27-15-12-19(29(33)34)16-26(27)32)24-11-7-6-10-22(24)23-14-13-21(36-31(40)35-2)17-25(23)30(38)39/h3-17,28,37H,18H2,1-2H3,(H3,33,34)(H,38,39)(H2,35,36,40). The van der Waals surface area contributed by atoms with Gasteiger partial charge in [0.25, 0.3) is 0 Å². The van der Waals surface area contributed by atoms with Crippen LogP contribution in [-0.4, -0.2) is 30.0 Å². The van der Waals surface area contributed by atoms with E-state index >= 15 is 0 Å². The van der Waals surface area contributed by atoms with Crippen molar-refractivity contribution in [2.24, 2.45) is 5.73 Å². The fourth-order valence-corrected chi connectivity index (χ4v) is 5.59. The molecule has 0 spiro atoms. The molecular weight excluding hydrogens is 502 g/mol. The molecule has 2 atom stereocenters. The molecule has 4 aromatic rings. The quantitative estimate of drug-likeness (QED) is 0.134. The summed E-state index contributed by atoms with van der Waals surface area (Å²) in [7, 11) is 1.50. The monoisotopic (exact) mass is 533 g/mol. The molecule has 0 saturated carbocycles. The van der Waals surface area contributed by atoms with Gasteiger partial charge in [-0.3, -0.25) is 5.41 Å². The number of rotatable bonds is 6. The lowest BCUT2D eigenvalue weighted by Crippen LogP contribution is -2.35. The van der Waals surface area contributed by atoms with Gasteiger partial charge in [-0.05, 0) is 64.6 Å². The van der Waals surface area contributed by atoms with Gasteiger partial charge in [-0.15, -0.1) is 0 Å². The number of benzene rings is 4. The van der Waals surface area contributed by atoms with Gasteiger partial charge in [0.1, 0.15) is 5.84 Å². The number of hydrogen-bond acceptors (Lipinski definition) is 4. The van der Waals surface area contributed by atoms with Crippen molar-refractivity contribution in [2.75, 3.05) is 17.7 Å². The van der Waals surface area contributed by atoms with Gasteiger partial charge in [-0.1, -0.05) is 67.6 Å². The average molecular weight is 534 g/mol. The Kier molecular flexibility index (Phi) is 7.00. The second-order valence-corrected chi connectivity index (χ2v) is 10.1. The highest BCUT2D eigenvalue weighted by atomic mass is 16.4. The van der Waals surface area contributed by atoms with Crippen molar-refractivity contribution in [3.8, 4) is 11.1 Å². The van der Waals surface area contributed by atoms with E-state index in [1.54, 1.807) is 12.1 Å². The van der Waals surface area contributed by atoms with Gasteiger partial charge in [-0.2, -0.15) is 0 Å². The number of hydrogen-bond donors (Lipinski definition) is 6. The molecular formula is C32H31N5O3. The third-order valence-electron chi connectivity index (χ3n) is 7.64. The summed E-state index contributed by atoms with van der Waals surface area (Å²) in [6.07, 6.45) is 0.682. The molecule has 1 heterocycles. The van der Waals surface area contributed by atoms with Crippen LogP contribution in [0.4, 0.5) is 16.2 Å². The van der Waals surface area contributed by atoms with Gasteiger partial charge in [0, 0.05) is 29.4 Å². The summed E-state index contributed by atoms with van der Waals surface area (Å²) in [4.78, 5) is 24.2. The SMILES string of the molecule is CNC(=O)Nc1ccc(-c2ccccc2C2CC(C)(c3ccccc3)c3cc(C(=N)N)ccc3N2)c(C(=O)O)c1. The molecule has 40 heavy (non-hydrogen) atoms. The number of nitrogens with one attached hydrogen (secondary N) is 4. The van der Waals surface area contributed by atoms with Crippen molar-refractivity contribution in [3.05, 3.63) is 119 Å². The lowest BCUT2D eigenvalue weighted by Gasteiger charge is -2.42. The smallest absolute Gasteiger partial charge is 0.336 e. The first-order chi connectivity index (χ1) is 19.2. The zero-order chi connectivity index (χ0) is 28.4. The summed E-state index contributed by atoms with van der Waals surface area (Å²) in [5, 5.41) is 26.9. The molecule has 0 radical (unpaired) electrons. The molecule has 1 aliphatic rings. The van der Waals surface area contributed by atoms with E-state index in [2.05, 4.69) is 35.0 Å². The van der Waals surface area contributed by atoms with Gasteiger partial charge in [0.2, 0.25) is 0 Å². The van der Waals surface area contributed by atoms with Crippen LogP contribution >= 0.6 is 0 Å². The van der Waals surface area contributed by atoms with Crippen LogP contribution in [0.2, 0.25) is 0 Å². The van der Waals surface area contributed by atoms with E-state index in [0.29, 0.717) is 23.2 Å². The molecule has 4 aromatic carbocycles. The fraction of sp³-hybridized carbons (Fsp3) is 0.156. The number of nitrogens with two attached hydrogens (primary N) is 1. The van der Waals surface area contributed by atoms with Crippen LogP contribution in [0.1, 0.15) is 52.0 Å². The number of anilines is 2. The molecule has 202 valence electrons. The molecule has 8 heteroatoms. The van der Waals surface area contributed by atoms with Crippen LogP contribution in [0.15, 0.2) is 91.0 Å². The first kappa shape index (κ1) is 26.5. The molecule has 0 aliphatic carbocycles. The molecule has 2 amide bonds. The van der Waals surface area contributed by atoms with Crippen LogP contribution in [0.3, 0.4) is 0 Å². The molecule has 0 saturated heterocycles. The Labute approximate surface area is 232 Å². The summed E-state index contributed by atoms with van der Waals surface area (Å²) >= 11 is 0. The average Bonchev–Trinajstić information content (AvgIpc) is 2.97. The van der Waals surface area contributed by atoms with E-state index < -0.39 is 17.4 Å². The number of amides is 2. The van der Waals surface area contributed by atoms with Crippen molar-refractivity contribution >= 4 is 29.2 Å². The lowest BCUT2D eigenvalue weighted by molar-refractivity contribution is 0.0697. The van der Waals surface area contributed by atoms with Gasteiger partial charge >= 0.3 is 12.0 Å². The van der Waals surface area contributed by atoms with E-state index in [4.69, 9.17) is 11.1 Å². The van der Waals surface area contributed by atoms with Crippen molar-refractivity contribution in [3.63, 3.8) is 0 Å². The topological polar surface area (TPSA) is 140 Å². The lowest BCUT2D eigenvalue weighted by atomic mass is 9.67. The van der Waals surface area contributed by atoms with Crippen LogP contribution in [0.25, 0.3) is 11.1 Å². The minimum Gasteiger partial charge on any atom is -0.478 e. The number of aromatic carboxylic acids is 1. The summed E-state index contributed by atoms with van der Waals surface area (Å²) in [5.41, 5.74) is 12.0. The maximum Gasteiger partial charge on any atom is 0.336 e. The van der Waals surface area contributed by atoms with Crippen molar-refractivity contribution in [2.45, 2.75) is 24.8 Å². The second-order valence-electron chi connectivity index (χ2n) is 10.1. The number of carboxylic acids is 1. The Hall–Kier alpha value is -5.11. The van der Waals surface area contributed by atoms with E-state index in [0.717, 1.165) is 27.9 Å². The zero-order valence-corrected chi connectivity index (χ0v) is 22.3. The molecule has 8 nitrogen and oxygen atoms in total. The molecule has 0 aromatic heterocycles. The summed E-state index contributed by atoms with van der Waals surface area (Å²) in [5.74, 6) is -1.07. The molecule has 5 rings (SSSR count). The molecule has 0 bridgehead atoms. The zero-order valence-electron chi connectivity index (χ0n) is 22.3.